The Morgan fingerprint density at radius 1 is 1.30 bits per heavy atom. The van der Waals surface area contributed by atoms with Gasteiger partial charge in [0.25, 0.3) is 0 Å². The van der Waals surface area contributed by atoms with Crippen LogP contribution in [0, 0.1) is 0 Å². The van der Waals surface area contributed by atoms with E-state index in [0.29, 0.717) is 0 Å². The van der Waals surface area contributed by atoms with E-state index < -0.39 is 0 Å². The quantitative estimate of drug-likeness (QED) is 0.929. The van der Waals surface area contributed by atoms with Gasteiger partial charge in [0, 0.05) is 29.4 Å². The number of hydrogen-bond donors (Lipinski definition) is 1. The summed E-state index contributed by atoms with van der Waals surface area (Å²) in [5.41, 5.74) is 11.6. The lowest BCUT2D eigenvalue weighted by Gasteiger charge is -2.11. The topological polar surface area (TPSA) is 43.8 Å². The van der Waals surface area contributed by atoms with Crippen LogP contribution in [0.25, 0.3) is 11.1 Å². The summed E-state index contributed by atoms with van der Waals surface area (Å²) in [5, 5.41) is 5.34. The van der Waals surface area contributed by atoms with Gasteiger partial charge in [-0.3, -0.25) is 4.68 Å². The largest absolute Gasteiger partial charge is 0.324 e. The Morgan fingerprint density at radius 2 is 2.00 bits per heavy atom. The second-order valence-corrected chi connectivity index (χ2v) is 5.53. The van der Waals surface area contributed by atoms with Gasteiger partial charge in [0.1, 0.15) is 0 Å². The van der Waals surface area contributed by atoms with E-state index in [-0.39, 0.29) is 6.04 Å². The van der Waals surface area contributed by atoms with Crippen LogP contribution in [0.1, 0.15) is 43.8 Å². The number of halogens is 1. The second kappa shape index (κ2) is 5.98. The molecular formula is C16H22ClN3. The summed E-state index contributed by atoms with van der Waals surface area (Å²) in [7, 11) is 2.00. The van der Waals surface area contributed by atoms with E-state index >= 15 is 0 Å². The molecular weight excluding hydrogens is 270 g/mol. The Morgan fingerprint density at radius 3 is 2.50 bits per heavy atom. The van der Waals surface area contributed by atoms with Crippen molar-refractivity contribution in [1.82, 2.24) is 9.78 Å². The van der Waals surface area contributed by atoms with Gasteiger partial charge in [-0.15, -0.1) is 0 Å². The average molecular weight is 292 g/mol. The molecule has 2 aromatic rings. The summed E-state index contributed by atoms with van der Waals surface area (Å²) in [6.45, 7) is 6.22. The van der Waals surface area contributed by atoms with Crippen molar-refractivity contribution in [2.45, 2.75) is 39.7 Å². The van der Waals surface area contributed by atoms with Gasteiger partial charge in [-0.25, -0.2) is 0 Å². The first-order valence-electron chi connectivity index (χ1n) is 7.09. The Bertz CT molecular complexity index is 614. The molecule has 0 saturated heterocycles. The molecule has 0 aliphatic rings. The van der Waals surface area contributed by atoms with Crippen LogP contribution in [0.4, 0.5) is 0 Å². The molecule has 0 bridgehead atoms. The van der Waals surface area contributed by atoms with Crippen LogP contribution in [0.2, 0.25) is 5.02 Å². The van der Waals surface area contributed by atoms with Crippen molar-refractivity contribution in [3.63, 3.8) is 0 Å². The number of aromatic nitrogens is 2. The van der Waals surface area contributed by atoms with Crippen molar-refractivity contribution in [2.24, 2.45) is 12.8 Å². The Hall–Kier alpha value is -1.32. The van der Waals surface area contributed by atoms with Crippen molar-refractivity contribution in [3.8, 4) is 11.1 Å². The first kappa shape index (κ1) is 15.1. The molecule has 20 heavy (non-hydrogen) atoms. The third-order valence-corrected chi connectivity index (χ3v) is 4.02. The smallest absolute Gasteiger partial charge is 0.0703 e. The number of nitrogens with zero attached hydrogens (tertiary/aromatic N) is 2. The normalized spacial score (nSPS) is 12.7. The van der Waals surface area contributed by atoms with E-state index in [1.807, 2.05) is 30.8 Å². The maximum atomic E-state index is 6.36. The van der Waals surface area contributed by atoms with Crippen LogP contribution in [0.15, 0.2) is 18.2 Å². The van der Waals surface area contributed by atoms with Gasteiger partial charge in [0.05, 0.1) is 5.69 Å². The maximum Gasteiger partial charge on any atom is 0.0703 e. The molecule has 0 saturated carbocycles. The standard InChI is InChI=1S/C16H22ClN3/c1-5-14-16(15(6-2)20(4)19-14)11-7-8-12(10(3)18)13(17)9-11/h7-10H,5-6,18H2,1-4H3. The van der Waals surface area contributed by atoms with Crippen molar-refractivity contribution < 1.29 is 0 Å². The zero-order valence-corrected chi connectivity index (χ0v) is 13.3. The first-order chi connectivity index (χ1) is 9.49. The second-order valence-electron chi connectivity index (χ2n) is 5.12. The van der Waals surface area contributed by atoms with E-state index in [1.165, 1.54) is 11.3 Å². The predicted octanol–water partition coefficient (Wildman–Crippen LogP) is 3.89. The number of rotatable bonds is 4. The molecule has 2 N–H and O–H groups in total. The molecule has 0 fully saturated rings. The van der Waals surface area contributed by atoms with Gasteiger partial charge in [-0.1, -0.05) is 37.6 Å². The predicted molar refractivity (Wildman–Crippen MR) is 85.0 cm³/mol. The molecule has 0 aliphatic carbocycles. The zero-order valence-electron chi connectivity index (χ0n) is 12.6. The summed E-state index contributed by atoms with van der Waals surface area (Å²) < 4.78 is 1.97. The fourth-order valence-corrected chi connectivity index (χ4v) is 3.01. The molecule has 108 valence electrons. The lowest BCUT2D eigenvalue weighted by Crippen LogP contribution is -2.05. The summed E-state index contributed by atoms with van der Waals surface area (Å²) in [6, 6.07) is 6.07. The van der Waals surface area contributed by atoms with E-state index in [2.05, 4.69) is 25.0 Å². The van der Waals surface area contributed by atoms with Crippen LogP contribution < -0.4 is 5.73 Å². The van der Waals surface area contributed by atoms with Gasteiger partial charge >= 0.3 is 0 Å². The highest BCUT2D eigenvalue weighted by Crippen LogP contribution is 2.32. The Balaban J connectivity index is 2.59. The van der Waals surface area contributed by atoms with E-state index in [9.17, 15) is 0 Å². The minimum atomic E-state index is -0.0539. The molecule has 0 radical (unpaired) electrons. The minimum Gasteiger partial charge on any atom is -0.324 e. The van der Waals surface area contributed by atoms with Crippen LogP contribution in [0.3, 0.4) is 0 Å². The number of benzene rings is 1. The van der Waals surface area contributed by atoms with Gasteiger partial charge < -0.3 is 5.73 Å². The van der Waals surface area contributed by atoms with E-state index in [0.717, 1.165) is 34.7 Å². The van der Waals surface area contributed by atoms with Crippen LogP contribution in [-0.4, -0.2) is 9.78 Å². The highest BCUT2D eigenvalue weighted by atomic mass is 35.5. The fraction of sp³-hybridized carbons (Fsp3) is 0.438. The number of aryl methyl sites for hydroxylation is 2. The molecule has 1 unspecified atom stereocenters. The SMILES string of the molecule is CCc1nn(C)c(CC)c1-c1ccc(C(C)N)c(Cl)c1. The van der Waals surface area contributed by atoms with Gasteiger partial charge in [-0.2, -0.15) is 5.10 Å². The number of hydrogen-bond acceptors (Lipinski definition) is 2. The van der Waals surface area contributed by atoms with Crippen molar-refractivity contribution in [2.75, 3.05) is 0 Å². The Labute approximate surface area is 125 Å². The maximum absolute atomic E-state index is 6.36. The van der Waals surface area contributed by atoms with Gasteiger partial charge in [-0.05, 0) is 37.0 Å². The van der Waals surface area contributed by atoms with Gasteiger partial charge in [0.2, 0.25) is 0 Å². The molecule has 2 rings (SSSR count). The molecule has 4 heteroatoms. The van der Waals surface area contributed by atoms with E-state index in [1.54, 1.807) is 0 Å². The molecule has 0 amide bonds. The van der Waals surface area contributed by atoms with E-state index in [4.69, 9.17) is 17.3 Å². The van der Waals surface area contributed by atoms with Crippen molar-refractivity contribution in [1.29, 1.82) is 0 Å². The third-order valence-electron chi connectivity index (χ3n) is 3.69. The molecule has 0 aliphatic heterocycles. The number of nitrogens with two attached hydrogens (primary N) is 1. The van der Waals surface area contributed by atoms with Crippen LogP contribution in [-0.2, 0) is 19.9 Å². The highest BCUT2D eigenvalue weighted by molar-refractivity contribution is 6.31. The fourth-order valence-electron chi connectivity index (χ4n) is 2.66. The lowest BCUT2D eigenvalue weighted by molar-refractivity contribution is 0.705. The summed E-state index contributed by atoms with van der Waals surface area (Å²) in [4.78, 5) is 0. The Kier molecular flexibility index (Phi) is 4.51. The average Bonchev–Trinajstić information content (AvgIpc) is 2.74. The molecule has 1 heterocycles. The summed E-state index contributed by atoms with van der Waals surface area (Å²) in [5.74, 6) is 0. The van der Waals surface area contributed by atoms with Crippen molar-refractivity contribution >= 4 is 11.6 Å². The summed E-state index contributed by atoms with van der Waals surface area (Å²) in [6.07, 6.45) is 1.86. The summed E-state index contributed by atoms with van der Waals surface area (Å²) >= 11 is 6.36. The lowest BCUT2D eigenvalue weighted by atomic mass is 9.98. The van der Waals surface area contributed by atoms with Crippen molar-refractivity contribution in [3.05, 3.63) is 40.2 Å². The molecule has 1 atom stereocenters. The monoisotopic (exact) mass is 291 g/mol. The van der Waals surface area contributed by atoms with Crippen LogP contribution in [0.5, 0.6) is 0 Å². The molecule has 3 nitrogen and oxygen atoms in total. The first-order valence-corrected chi connectivity index (χ1v) is 7.47. The zero-order chi connectivity index (χ0) is 14.9. The molecule has 1 aromatic heterocycles. The highest BCUT2D eigenvalue weighted by Gasteiger charge is 2.16. The van der Waals surface area contributed by atoms with Gasteiger partial charge in [0.15, 0.2) is 0 Å². The third kappa shape index (κ3) is 2.60. The van der Waals surface area contributed by atoms with Crippen LogP contribution >= 0.6 is 11.6 Å². The molecule has 1 aromatic carbocycles. The minimum absolute atomic E-state index is 0.0539. The molecule has 0 spiro atoms.